The van der Waals surface area contributed by atoms with Gasteiger partial charge in [0, 0.05) is 0 Å². The van der Waals surface area contributed by atoms with E-state index < -0.39 is 17.9 Å². The van der Waals surface area contributed by atoms with Crippen LogP contribution in [-0.2, 0) is 23.8 Å². The summed E-state index contributed by atoms with van der Waals surface area (Å²) in [6, 6.07) is 0. The molecule has 0 N–H and O–H groups in total. The van der Waals surface area contributed by atoms with Crippen molar-refractivity contribution < 1.29 is 23.8 Å². The molecule has 0 bridgehead atoms. The summed E-state index contributed by atoms with van der Waals surface area (Å²) < 4.78 is 14.7. The van der Waals surface area contributed by atoms with Crippen LogP contribution in [0, 0.1) is 5.92 Å². The SMILES string of the molecule is COC(=O)C(CC1CCC(C)O1)C(=O)OC. The largest absolute Gasteiger partial charge is 0.468 e. The van der Waals surface area contributed by atoms with E-state index in [2.05, 4.69) is 9.47 Å². The Morgan fingerprint density at radius 1 is 1.25 bits per heavy atom. The number of carbonyl (C=O) groups is 2. The summed E-state index contributed by atoms with van der Waals surface area (Å²) in [6.07, 6.45) is 2.30. The molecule has 0 aliphatic carbocycles. The molecule has 16 heavy (non-hydrogen) atoms. The zero-order chi connectivity index (χ0) is 12.1. The Balaban J connectivity index is 2.56. The van der Waals surface area contributed by atoms with E-state index in [4.69, 9.17) is 4.74 Å². The normalized spacial score (nSPS) is 24.5. The molecule has 0 aromatic heterocycles. The molecule has 5 nitrogen and oxygen atoms in total. The van der Waals surface area contributed by atoms with Crippen molar-refractivity contribution >= 4 is 11.9 Å². The first-order valence-corrected chi connectivity index (χ1v) is 5.39. The predicted octanol–water partition coefficient (Wildman–Crippen LogP) is 0.906. The number of carbonyl (C=O) groups excluding carboxylic acids is 2. The van der Waals surface area contributed by atoms with Gasteiger partial charge in [-0.05, 0) is 26.2 Å². The smallest absolute Gasteiger partial charge is 0.320 e. The van der Waals surface area contributed by atoms with Gasteiger partial charge in [-0.3, -0.25) is 9.59 Å². The molecule has 1 saturated heterocycles. The second-order valence-corrected chi connectivity index (χ2v) is 3.98. The van der Waals surface area contributed by atoms with E-state index >= 15 is 0 Å². The van der Waals surface area contributed by atoms with Crippen molar-refractivity contribution in [2.24, 2.45) is 5.92 Å². The van der Waals surface area contributed by atoms with Crippen LogP contribution in [0.5, 0.6) is 0 Å². The topological polar surface area (TPSA) is 61.8 Å². The van der Waals surface area contributed by atoms with Crippen LogP contribution in [0.15, 0.2) is 0 Å². The van der Waals surface area contributed by atoms with Crippen LogP contribution in [0.2, 0.25) is 0 Å². The van der Waals surface area contributed by atoms with Gasteiger partial charge in [0.15, 0.2) is 5.92 Å². The van der Waals surface area contributed by atoms with E-state index in [0.29, 0.717) is 6.42 Å². The number of ether oxygens (including phenoxy) is 3. The molecule has 1 aliphatic heterocycles. The lowest BCUT2D eigenvalue weighted by atomic mass is 10.00. The second kappa shape index (κ2) is 5.84. The van der Waals surface area contributed by atoms with Crippen LogP contribution in [0.25, 0.3) is 0 Å². The zero-order valence-corrected chi connectivity index (χ0v) is 9.89. The summed E-state index contributed by atoms with van der Waals surface area (Å²) in [5.74, 6) is -1.99. The van der Waals surface area contributed by atoms with Gasteiger partial charge < -0.3 is 14.2 Å². The molecular weight excluding hydrogens is 212 g/mol. The Bertz CT molecular complexity index is 247. The van der Waals surface area contributed by atoms with E-state index in [1.807, 2.05) is 6.92 Å². The Labute approximate surface area is 95.0 Å². The minimum Gasteiger partial charge on any atom is -0.468 e. The number of esters is 2. The van der Waals surface area contributed by atoms with Gasteiger partial charge in [-0.25, -0.2) is 0 Å². The van der Waals surface area contributed by atoms with E-state index in [0.717, 1.165) is 12.8 Å². The summed E-state index contributed by atoms with van der Waals surface area (Å²) in [5.41, 5.74) is 0. The lowest BCUT2D eigenvalue weighted by Gasteiger charge is -2.16. The van der Waals surface area contributed by atoms with E-state index in [1.165, 1.54) is 14.2 Å². The van der Waals surface area contributed by atoms with Crippen LogP contribution in [0.3, 0.4) is 0 Å². The predicted molar refractivity (Wildman–Crippen MR) is 55.7 cm³/mol. The molecule has 0 aromatic carbocycles. The molecule has 1 aliphatic rings. The Morgan fingerprint density at radius 3 is 2.19 bits per heavy atom. The van der Waals surface area contributed by atoms with Gasteiger partial charge >= 0.3 is 11.9 Å². The van der Waals surface area contributed by atoms with Crippen LogP contribution in [-0.4, -0.2) is 38.4 Å². The number of hydrogen-bond acceptors (Lipinski definition) is 5. The minimum atomic E-state index is -0.870. The fraction of sp³-hybridized carbons (Fsp3) is 0.818. The second-order valence-electron chi connectivity index (χ2n) is 3.98. The Kier molecular flexibility index (Phi) is 4.73. The van der Waals surface area contributed by atoms with Gasteiger partial charge in [0.2, 0.25) is 0 Å². The van der Waals surface area contributed by atoms with Crippen LogP contribution in [0.4, 0.5) is 0 Å². The first kappa shape index (κ1) is 13.0. The molecule has 92 valence electrons. The molecule has 5 heteroatoms. The highest BCUT2D eigenvalue weighted by atomic mass is 16.5. The van der Waals surface area contributed by atoms with E-state index in [9.17, 15) is 9.59 Å². The molecule has 2 atom stereocenters. The Hall–Kier alpha value is -1.10. The van der Waals surface area contributed by atoms with Gasteiger partial charge in [-0.1, -0.05) is 0 Å². The highest BCUT2D eigenvalue weighted by Crippen LogP contribution is 2.25. The first-order valence-electron chi connectivity index (χ1n) is 5.39. The van der Waals surface area contributed by atoms with Gasteiger partial charge in [-0.2, -0.15) is 0 Å². The summed E-state index contributed by atoms with van der Waals surface area (Å²) in [6.45, 7) is 1.98. The van der Waals surface area contributed by atoms with Gasteiger partial charge in [0.05, 0.1) is 26.4 Å². The quantitative estimate of drug-likeness (QED) is 0.530. The van der Waals surface area contributed by atoms with Crippen molar-refractivity contribution in [3.63, 3.8) is 0 Å². The van der Waals surface area contributed by atoms with Crippen molar-refractivity contribution in [3.05, 3.63) is 0 Å². The third-order valence-corrected chi connectivity index (χ3v) is 2.79. The van der Waals surface area contributed by atoms with Gasteiger partial charge in [0.1, 0.15) is 0 Å². The summed E-state index contributed by atoms with van der Waals surface area (Å²) >= 11 is 0. The maximum atomic E-state index is 11.4. The monoisotopic (exact) mass is 230 g/mol. The van der Waals surface area contributed by atoms with Crippen LogP contribution in [0.1, 0.15) is 26.2 Å². The standard InChI is InChI=1S/C11H18O5/c1-7-4-5-8(16-7)6-9(10(12)14-2)11(13)15-3/h7-9H,4-6H2,1-3H3. The maximum absolute atomic E-state index is 11.4. The molecule has 1 heterocycles. The highest BCUT2D eigenvalue weighted by Gasteiger charge is 2.34. The molecule has 1 rings (SSSR count). The van der Waals surface area contributed by atoms with Crippen molar-refractivity contribution in [2.75, 3.05) is 14.2 Å². The molecule has 0 saturated carbocycles. The van der Waals surface area contributed by atoms with Crippen molar-refractivity contribution in [3.8, 4) is 0 Å². The average molecular weight is 230 g/mol. The summed E-state index contributed by atoms with van der Waals surface area (Å²) in [7, 11) is 2.52. The number of hydrogen-bond donors (Lipinski definition) is 0. The van der Waals surface area contributed by atoms with Crippen molar-refractivity contribution in [1.82, 2.24) is 0 Å². The third-order valence-electron chi connectivity index (χ3n) is 2.79. The van der Waals surface area contributed by atoms with Crippen LogP contribution < -0.4 is 0 Å². The summed E-state index contributed by atoms with van der Waals surface area (Å²) in [5, 5.41) is 0. The molecule has 2 unspecified atom stereocenters. The minimum absolute atomic E-state index is 0.0572. The lowest BCUT2D eigenvalue weighted by Crippen LogP contribution is -2.30. The molecule has 0 amide bonds. The fourth-order valence-corrected chi connectivity index (χ4v) is 1.89. The van der Waals surface area contributed by atoms with E-state index in [1.54, 1.807) is 0 Å². The Morgan fingerprint density at radius 2 is 1.81 bits per heavy atom. The van der Waals surface area contributed by atoms with Crippen LogP contribution >= 0.6 is 0 Å². The molecule has 0 spiro atoms. The average Bonchev–Trinajstić information content (AvgIpc) is 2.69. The van der Waals surface area contributed by atoms with Gasteiger partial charge in [0.25, 0.3) is 0 Å². The highest BCUT2D eigenvalue weighted by molar-refractivity contribution is 5.94. The van der Waals surface area contributed by atoms with Gasteiger partial charge in [-0.15, -0.1) is 0 Å². The first-order chi connectivity index (χ1) is 7.58. The molecule has 0 radical (unpaired) electrons. The van der Waals surface area contributed by atoms with Crippen molar-refractivity contribution in [1.29, 1.82) is 0 Å². The zero-order valence-electron chi connectivity index (χ0n) is 9.89. The maximum Gasteiger partial charge on any atom is 0.320 e. The lowest BCUT2D eigenvalue weighted by molar-refractivity contribution is -0.160. The van der Waals surface area contributed by atoms with Crippen molar-refractivity contribution in [2.45, 2.75) is 38.4 Å². The van der Waals surface area contributed by atoms with E-state index in [-0.39, 0.29) is 12.2 Å². The number of rotatable bonds is 4. The fourth-order valence-electron chi connectivity index (χ4n) is 1.89. The number of methoxy groups -OCH3 is 2. The molecule has 0 aromatic rings. The third kappa shape index (κ3) is 3.20. The molecule has 1 fully saturated rings. The summed E-state index contributed by atoms with van der Waals surface area (Å²) in [4.78, 5) is 22.8. The molecular formula is C11H18O5.